The highest BCUT2D eigenvalue weighted by Gasteiger charge is 2.14. The van der Waals surface area contributed by atoms with Crippen molar-refractivity contribution in [3.63, 3.8) is 0 Å². The second-order valence-electron chi connectivity index (χ2n) is 5.62. The molecule has 3 aromatic rings. The number of nitriles is 1. The van der Waals surface area contributed by atoms with Crippen molar-refractivity contribution in [2.45, 2.75) is 12.8 Å². The monoisotopic (exact) mass is 334 g/mol. The number of benzene rings is 2. The molecule has 0 saturated heterocycles. The van der Waals surface area contributed by atoms with Gasteiger partial charge in [0.1, 0.15) is 5.75 Å². The molecule has 5 nitrogen and oxygen atoms in total. The third kappa shape index (κ3) is 3.20. The predicted molar refractivity (Wildman–Crippen MR) is 95.6 cm³/mol. The lowest BCUT2D eigenvalue weighted by Gasteiger charge is -2.05. The van der Waals surface area contributed by atoms with Crippen LogP contribution in [0.25, 0.3) is 22.2 Å². The van der Waals surface area contributed by atoms with Crippen LogP contribution in [0.5, 0.6) is 5.75 Å². The van der Waals surface area contributed by atoms with Crippen LogP contribution in [-0.4, -0.2) is 25.2 Å². The van der Waals surface area contributed by atoms with Gasteiger partial charge in [0.2, 0.25) is 0 Å². The molecule has 5 heteroatoms. The molecule has 25 heavy (non-hydrogen) atoms. The molecule has 0 aliphatic heterocycles. The molecule has 0 radical (unpaired) electrons. The van der Waals surface area contributed by atoms with Gasteiger partial charge in [0.25, 0.3) is 0 Å². The number of aromatic amines is 1. The predicted octanol–water partition coefficient (Wildman–Crippen LogP) is 4.09. The van der Waals surface area contributed by atoms with Gasteiger partial charge in [-0.25, -0.2) is 4.79 Å². The molecule has 2 aromatic carbocycles. The standard InChI is InChI=1S/C20H18N2O3/c1-24-15-9-10-18-17(12-15)16(4-3-11-21)19(22-18)13-5-7-14(8-6-13)20(23)25-2/h5-10,12,22H,3-4H2,1-2H3. The van der Waals surface area contributed by atoms with Crippen molar-refractivity contribution in [3.05, 3.63) is 53.6 Å². The van der Waals surface area contributed by atoms with Gasteiger partial charge in [-0.2, -0.15) is 5.26 Å². The molecule has 126 valence electrons. The van der Waals surface area contributed by atoms with Crippen molar-refractivity contribution in [1.29, 1.82) is 5.26 Å². The zero-order chi connectivity index (χ0) is 17.8. The van der Waals surface area contributed by atoms with E-state index < -0.39 is 0 Å². The van der Waals surface area contributed by atoms with Crippen LogP contribution < -0.4 is 4.74 Å². The number of ether oxygens (including phenoxy) is 2. The van der Waals surface area contributed by atoms with E-state index in [4.69, 9.17) is 14.7 Å². The molecule has 0 unspecified atom stereocenters. The molecule has 1 heterocycles. The summed E-state index contributed by atoms with van der Waals surface area (Å²) < 4.78 is 10.1. The smallest absolute Gasteiger partial charge is 0.337 e. The van der Waals surface area contributed by atoms with Crippen LogP contribution in [0.2, 0.25) is 0 Å². The average molecular weight is 334 g/mol. The minimum absolute atomic E-state index is 0.363. The number of rotatable bonds is 5. The molecule has 0 atom stereocenters. The van der Waals surface area contributed by atoms with Crippen LogP contribution in [0.15, 0.2) is 42.5 Å². The van der Waals surface area contributed by atoms with Gasteiger partial charge in [0.05, 0.1) is 25.9 Å². The molecule has 0 amide bonds. The minimum Gasteiger partial charge on any atom is -0.497 e. The minimum atomic E-state index is -0.363. The number of methoxy groups -OCH3 is 2. The quantitative estimate of drug-likeness (QED) is 0.713. The molecule has 0 bridgehead atoms. The van der Waals surface area contributed by atoms with Crippen molar-refractivity contribution in [2.75, 3.05) is 14.2 Å². The maximum Gasteiger partial charge on any atom is 0.337 e. The molecular formula is C20H18N2O3. The highest BCUT2D eigenvalue weighted by atomic mass is 16.5. The topological polar surface area (TPSA) is 75.1 Å². The van der Waals surface area contributed by atoms with E-state index in [1.54, 1.807) is 19.2 Å². The Morgan fingerprint density at radius 1 is 1.16 bits per heavy atom. The Labute approximate surface area is 145 Å². The molecule has 0 aliphatic carbocycles. The number of carbonyl (C=O) groups is 1. The number of aromatic nitrogens is 1. The lowest BCUT2D eigenvalue weighted by molar-refractivity contribution is 0.0601. The van der Waals surface area contributed by atoms with E-state index in [0.717, 1.165) is 33.5 Å². The van der Waals surface area contributed by atoms with Crippen molar-refractivity contribution < 1.29 is 14.3 Å². The van der Waals surface area contributed by atoms with Gasteiger partial charge in [0.15, 0.2) is 0 Å². The zero-order valence-corrected chi connectivity index (χ0v) is 14.1. The number of H-pyrrole nitrogens is 1. The van der Waals surface area contributed by atoms with Gasteiger partial charge >= 0.3 is 5.97 Å². The van der Waals surface area contributed by atoms with Crippen LogP contribution in [0.1, 0.15) is 22.3 Å². The number of fused-ring (bicyclic) bond motifs is 1. The Morgan fingerprint density at radius 3 is 2.56 bits per heavy atom. The Balaban J connectivity index is 2.11. The first-order valence-corrected chi connectivity index (χ1v) is 7.92. The second-order valence-corrected chi connectivity index (χ2v) is 5.62. The van der Waals surface area contributed by atoms with Gasteiger partial charge in [-0.1, -0.05) is 12.1 Å². The van der Waals surface area contributed by atoms with Gasteiger partial charge in [-0.3, -0.25) is 0 Å². The first-order chi connectivity index (χ1) is 12.2. The lowest BCUT2D eigenvalue weighted by atomic mass is 10.0. The lowest BCUT2D eigenvalue weighted by Crippen LogP contribution is -2.00. The number of hydrogen-bond acceptors (Lipinski definition) is 4. The molecule has 0 aliphatic rings. The summed E-state index contributed by atoms with van der Waals surface area (Å²) in [6.07, 6.45) is 1.06. The van der Waals surface area contributed by atoms with Crippen molar-refractivity contribution in [3.8, 4) is 23.1 Å². The fourth-order valence-electron chi connectivity index (χ4n) is 2.93. The molecule has 1 aromatic heterocycles. The first-order valence-electron chi connectivity index (χ1n) is 7.92. The van der Waals surface area contributed by atoms with Crippen molar-refractivity contribution in [1.82, 2.24) is 4.98 Å². The van der Waals surface area contributed by atoms with E-state index >= 15 is 0 Å². The fourth-order valence-corrected chi connectivity index (χ4v) is 2.93. The third-order valence-electron chi connectivity index (χ3n) is 4.19. The van der Waals surface area contributed by atoms with Crippen LogP contribution >= 0.6 is 0 Å². The summed E-state index contributed by atoms with van der Waals surface area (Å²) in [5.74, 6) is 0.412. The van der Waals surface area contributed by atoms with E-state index in [1.165, 1.54) is 7.11 Å². The highest BCUT2D eigenvalue weighted by molar-refractivity contribution is 5.93. The first kappa shape index (κ1) is 16.6. The number of carbonyl (C=O) groups excluding carboxylic acids is 1. The van der Waals surface area contributed by atoms with E-state index in [0.29, 0.717) is 18.4 Å². The molecule has 0 fully saturated rings. The van der Waals surface area contributed by atoms with Gasteiger partial charge in [0, 0.05) is 23.0 Å². The number of aryl methyl sites for hydroxylation is 1. The van der Waals surface area contributed by atoms with E-state index in [-0.39, 0.29) is 5.97 Å². The van der Waals surface area contributed by atoms with Crippen LogP contribution in [0.4, 0.5) is 0 Å². The Hall–Kier alpha value is -3.26. The summed E-state index contributed by atoms with van der Waals surface area (Å²) in [6, 6.07) is 15.3. The number of hydrogen-bond donors (Lipinski definition) is 1. The molecule has 0 spiro atoms. The maximum absolute atomic E-state index is 11.6. The Kier molecular flexibility index (Phi) is 4.71. The number of nitrogens with zero attached hydrogens (tertiary/aromatic N) is 1. The summed E-state index contributed by atoms with van der Waals surface area (Å²) >= 11 is 0. The van der Waals surface area contributed by atoms with Crippen molar-refractivity contribution in [2.24, 2.45) is 0 Å². The van der Waals surface area contributed by atoms with Crippen LogP contribution in [-0.2, 0) is 11.2 Å². The normalized spacial score (nSPS) is 10.4. The average Bonchev–Trinajstić information content (AvgIpc) is 3.03. The molecule has 3 rings (SSSR count). The zero-order valence-electron chi connectivity index (χ0n) is 14.1. The van der Waals surface area contributed by atoms with Crippen LogP contribution in [0, 0.1) is 11.3 Å². The summed E-state index contributed by atoms with van der Waals surface area (Å²) in [6.45, 7) is 0. The Morgan fingerprint density at radius 2 is 1.92 bits per heavy atom. The SMILES string of the molecule is COC(=O)c1ccc(-c2[nH]c3ccc(OC)cc3c2CCC#N)cc1. The summed E-state index contributed by atoms with van der Waals surface area (Å²) in [4.78, 5) is 15.0. The van der Waals surface area contributed by atoms with Crippen LogP contribution in [0.3, 0.4) is 0 Å². The Bertz CT molecular complexity index is 949. The second kappa shape index (κ2) is 7.10. The van der Waals surface area contributed by atoms with Gasteiger partial charge in [-0.15, -0.1) is 0 Å². The number of esters is 1. The van der Waals surface area contributed by atoms with E-state index in [1.807, 2.05) is 30.3 Å². The summed E-state index contributed by atoms with van der Waals surface area (Å²) in [5, 5.41) is 10.0. The molecule has 1 N–H and O–H groups in total. The van der Waals surface area contributed by atoms with E-state index in [2.05, 4.69) is 11.1 Å². The fraction of sp³-hybridized carbons (Fsp3) is 0.200. The highest BCUT2D eigenvalue weighted by Crippen LogP contribution is 2.33. The van der Waals surface area contributed by atoms with Gasteiger partial charge < -0.3 is 14.5 Å². The summed E-state index contributed by atoms with van der Waals surface area (Å²) in [7, 11) is 3.00. The molecular weight excluding hydrogens is 316 g/mol. The number of nitrogens with one attached hydrogen (secondary N) is 1. The summed E-state index contributed by atoms with van der Waals surface area (Å²) in [5.41, 5.74) is 4.47. The van der Waals surface area contributed by atoms with Gasteiger partial charge in [-0.05, 0) is 47.9 Å². The largest absolute Gasteiger partial charge is 0.497 e. The third-order valence-corrected chi connectivity index (χ3v) is 4.19. The van der Waals surface area contributed by atoms with Crippen molar-refractivity contribution >= 4 is 16.9 Å². The molecule has 0 saturated carbocycles. The maximum atomic E-state index is 11.6. The van der Waals surface area contributed by atoms with E-state index in [9.17, 15) is 4.79 Å².